The van der Waals surface area contributed by atoms with Crippen molar-refractivity contribution in [2.75, 3.05) is 7.11 Å². The number of esters is 1. The quantitative estimate of drug-likeness (QED) is 0.634. The second kappa shape index (κ2) is 6.29. The van der Waals surface area contributed by atoms with Crippen LogP contribution in [0.2, 0.25) is 0 Å². The zero-order chi connectivity index (χ0) is 13.7. The van der Waals surface area contributed by atoms with Gasteiger partial charge in [-0.15, -0.1) is 0 Å². The number of hydrogen-bond acceptors (Lipinski definition) is 3. The Kier molecular flexibility index (Phi) is 4.47. The Morgan fingerprint density at radius 3 is 2.58 bits per heavy atom. The summed E-state index contributed by atoms with van der Waals surface area (Å²) in [5.41, 5.74) is 2.31. The van der Waals surface area contributed by atoms with Gasteiger partial charge in [-0.2, -0.15) is 0 Å². The molecule has 0 saturated carbocycles. The molecule has 0 aliphatic heterocycles. The lowest BCUT2D eigenvalue weighted by Crippen LogP contribution is -1.99. The van der Waals surface area contributed by atoms with Crippen molar-refractivity contribution in [2.24, 2.45) is 4.99 Å². The molecular formula is C15H12BrNO2. The summed E-state index contributed by atoms with van der Waals surface area (Å²) in [5.74, 6) is -0.345. The lowest BCUT2D eigenvalue weighted by Gasteiger charge is -1.99. The Balaban J connectivity index is 2.13. The van der Waals surface area contributed by atoms with E-state index < -0.39 is 0 Å². The molecule has 0 heterocycles. The summed E-state index contributed by atoms with van der Waals surface area (Å²) >= 11 is 3.41. The van der Waals surface area contributed by atoms with E-state index in [4.69, 9.17) is 0 Å². The van der Waals surface area contributed by atoms with Gasteiger partial charge in [-0.3, -0.25) is 4.99 Å². The molecule has 19 heavy (non-hydrogen) atoms. The minimum Gasteiger partial charge on any atom is -0.465 e. The summed E-state index contributed by atoms with van der Waals surface area (Å²) in [7, 11) is 1.36. The van der Waals surface area contributed by atoms with Gasteiger partial charge in [-0.1, -0.05) is 28.1 Å². The SMILES string of the molecule is COC(=O)c1ccc(N=Cc2cccc(Br)c2)cc1. The Morgan fingerprint density at radius 1 is 1.21 bits per heavy atom. The highest BCUT2D eigenvalue weighted by Gasteiger charge is 2.03. The maximum absolute atomic E-state index is 11.3. The molecule has 0 spiro atoms. The van der Waals surface area contributed by atoms with Gasteiger partial charge in [0.25, 0.3) is 0 Å². The number of carbonyl (C=O) groups excluding carboxylic acids is 1. The molecule has 0 bridgehead atoms. The molecule has 0 aliphatic carbocycles. The normalized spacial score (nSPS) is 10.6. The predicted octanol–water partition coefficient (Wildman–Crippen LogP) is 3.99. The molecule has 96 valence electrons. The number of rotatable bonds is 3. The summed E-state index contributed by atoms with van der Waals surface area (Å²) in [6.45, 7) is 0. The molecular weight excluding hydrogens is 306 g/mol. The summed E-state index contributed by atoms with van der Waals surface area (Å²) in [5, 5.41) is 0. The second-order valence-corrected chi connectivity index (χ2v) is 4.77. The number of benzene rings is 2. The molecule has 3 nitrogen and oxygen atoms in total. The van der Waals surface area contributed by atoms with Crippen LogP contribution >= 0.6 is 15.9 Å². The molecule has 0 aromatic heterocycles. The first-order chi connectivity index (χ1) is 9.19. The van der Waals surface area contributed by atoms with Crippen LogP contribution in [-0.4, -0.2) is 19.3 Å². The predicted molar refractivity (Wildman–Crippen MR) is 79.2 cm³/mol. The van der Waals surface area contributed by atoms with Gasteiger partial charge in [0.2, 0.25) is 0 Å². The number of hydrogen-bond donors (Lipinski definition) is 0. The highest BCUT2D eigenvalue weighted by atomic mass is 79.9. The molecule has 2 aromatic rings. The van der Waals surface area contributed by atoms with Gasteiger partial charge in [0.1, 0.15) is 0 Å². The van der Waals surface area contributed by atoms with Crippen LogP contribution < -0.4 is 0 Å². The van der Waals surface area contributed by atoms with Crippen molar-refractivity contribution >= 4 is 33.8 Å². The zero-order valence-electron chi connectivity index (χ0n) is 10.3. The zero-order valence-corrected chi connectivity index (χ0v) is 11.9. The van der Waals surface area contributed by atoms with E-state index in [1.54, 1.807) is 30.5 Å². The van der Waals surface area contributed by atoms with Crippen molar-refractivity contribution in [3.05, 3.63) is 64.1 Å². The van der Waals surface area contributed by atoms with Crippen LogP contribution in [0.1, 0.15) is 15.9 Å². The molecule has 0 N–H and O–H groups in total. The average molecular weight is 318 g/mol. The summed E-state index contributed by atoms with van der Waals surface area (Å²) < 4.78 is 5.65. The van der Waals surface area contributed by atoms with Crippen molar-refractivity contribution in [3.8, 4) is 0 Å². The molecule has 0 amide bonds. The van der Waals surface area contributed by atoms with E-state index in [2.05, 4.69) is 25.7 Å². The lowest BCUT2D eigenvalue weighted by atomic mass is 10.2. The smallest absolute Gasteiger partial charge is 0.337 e. The molecule has 0 atom stereocenters. The van der Waals surface area contributed by atoms with E-state index in [1.165, 1.54) is 7.11 Å². The molecule has 2 aromatic carbocycles. The summed E-state index contributed by atoms with van der Waals surface area (Å²) in [6.07, 6.45) is 1.78. The first kappa shape index (κ1) is 13.5. The van der Waals surface area contributed by atoms with Gasteiger partial charge in [0.05, 0.1) is 18.4 Å². The monoisotopic (exact) mass is 317 g/mol. The van der Waals surface area contributed by atoms with Gasteiger partial charge in [-0.25, -0.2) is 4.79 Å². The standard InChI is InChI=1S/C15H12BrNO2/c1-19-15(18)12-5-7-14(8-6-12)17-10-11-3-2-4-13(16)9-11/h2-10H,1H3. The number of ether oxygens (including phenoxy) is 1. The van der Waals surface area contributed by atoms with Crippen LogP contribution in [0, 0.1) is 0 Å². The number of carbonyl (C=O) groups is 1. The van der Waals surface area contributed by atoms with Gasteiger partial charge < -0.3 is 4.74 Å². The van der Waals surface area contributed by atoms with Crippen molar-refractivity contribution in [3.63, 3.8) is 0 Å². The van der Waals surface area contributed by atoms with Crippen LogP contribution in [-0.2, 0) is 4.74 Å². The molecule has 0 fully saturated rings. The topological polar surface area (TPSA) is 38.7 Å². The van der Waals surface area contributed by atoms with Gasteiger partial charge in [0, 0.05) is 10.7 Å². The fourth-order valence-corrected chi connectivity index (χ4v) is 1.95. The third-order valence-corrected chi connectivity index (χ3v) is 2.99. The first-order valence-electron chi connectivity index (χ1n) is 5.67. The van der Waals surface area contributed by atoms with Gasteiger partial charge in [0.15, 0.2) is 0 Å². The minimum absolute atomic E-state index is 0.345. The van der Waals surface area contributed by atoms with E-state index in [-0.39, 0.29) is 5.97 Å². The Labute approximate surface area is 120 Å². The molecule has 0 radical (unpaired) electrons. The molecule has 0 unspecified atom stereocenters. The number of nitrogens with zero attached hydrogens (tertiary/aromatic N) is 1. The van der Waals surface area contributed by atoms with Crippen molar-refractivity contribution in [1.29, 1.82) is 0 Å². The number of halogens is 1. The Bertz CT molecular complexity index is 606. The van der Waals surface area contributed by atoms with Crippen LogP contribution in [0.4, 0.5) is 5.69 Å². The summed E-state index contributed by atoms with van der Waals surface area (Å²) in [4.78, 5) is 15.6. The van der Waals surface area contributed by atoms with Crippen LogP contribution in [0.15, 0.2) is 58.0 Å². The van der Waals surface area contributed by atoms with Crippen molar-refractivity contribution in [1.82, 2.24) is 0 Å². The molecule has 0 saturated heterocycles. The minimum atomic E-state index is -0.345. The highest BCUT2D eigenvalue weighted by Crippen LogP contribution is 2.15. The van der Waals surface area contributed by atoms with Gasteiger partial charge in [-0.05, 0) is 42.0 Å². The molecule has 0 aliphatic rings. The first-order valence-corrected chi connectivity index (χ1v) is 6.46. The third-order valence-electron chi connectivity index (χ3n) is 2.50. The van der Waals surface area contributed by atoms with E-state index >= 15 is 0 Å². The van der Waals surface area contributed by atoms with Crippen molar-refractivity contribution < 1.29 is 9.53 Å². The second-order valence-electron chi connectivity index (χ2n) is 3.85. The fourth-order valence-electron chi connectivity index (χ4n) is 1.54. The average Bonchev–Trinajstić information content (AvgIpc) is 2.45. The van der Waals surface area contributed by atoms with Crippen LogP contribution in [0.25, 0.3) is 0 Å². The molecule has 2 rings (SSSR count). The highest BCUT2D eigenvalue weighted by molar-refractivity contribution is 9.10. The fraction of sp³-hybridized carbons (Fsp3) is 0.0667. The number of aliphatic imine (C=N–C) groups is 1. The van der Waals surface area contributed by atoms with Gasteiger partial charge >= 0.3 is 5.97 Å². The largest absolute Gasteiger partial charge is 0.465 e. The van der Waals surface area contributed by atoms with E-state index in [0.717, 1.165) is 15.7 Å². The maximum atomic E-state index is 11.3. The Hall–Kier alpha value is -1.94. The Morgan fingerprint density at radius 2 is 1.95 bits per heavy atom. The van der Waals surface area contributed by atoms with Crippen molar-refractivity contribution in [2.45, 2.75) is 0 Å². The molecule has 4 heteroatoms. The van der Waals surface area contributed by atoms with Crippen LogP contribution in [0.5, 0.6) is 0 Å². The number of methoxy groups -OCH3 is 1. The summed E-state index contributed by atoms with van der Waals surface area (Å²) in [6, 6.07) is 14.8. The maximum Gasteiger partial charge on any atom is 0.337 e. The third kappa shape index (κ3) is 3.76. The lowest BCUT2D eigenvalue weighted by molar-refractivity contribution is 0.0601. The van der Waals surface area contributed by atoms with E-state index in [9.17, 15) is 4.79 Å². The van der Waals surface area contributed by atoms with E-state index in [0.29, 0.717) is 5.56 Å². The van der Waals surface area contributed by atoms with E-state index in [1.807, 2.05) is 24.3 Å². The van der Waals surface area contributed by atoms with Crippen LogP contribution in [0.3, 0.4) is 0 Å².